The molecule has 1 atom stereocenters. The van der Waals surface area contributed by atoms with Gasteiger partial charge in [0, 0.05) is 31.0 Å². The summed E-state index contributed by atoms with van der Waals surface area (Å²) in [7, 11) is 0. The van der Waals surface area contributed by atoms with E-state index in [9.17, 15) is 9.59 Å². The summed E-state index contributed by atoms with van der Waals surface area (Å²) in [5, 5.41) is 4.09. The minimum absolute atomic E-state index is 0.000782. The van der Waals surface area contributed by atoms with Crippen molar-refractivity contribution in [2.24, 2.45) is 0 Å². The second-order valence-corrected chi connectivity index (χ2v) is 9.77. The van der Waals surface area contributed by atoms with Crippen molar-refractivity contribution >= 4 is 11.9 Å². The first kappa shape index (κ1) is 21.4. The Kier molecular flexibility index (Phi) is 6.47. The lowest BCUT2D eigenvalue weighted by molar-refractivity contribution is -0.150. The quantitative estimate of drug-likeness (QED) is 0.739. The molecule has 1 heterocycles. The number of rotatable bonds is 4. The Balaban J connectivity index is 1.61. The monoisotopic (exact) mass is 412 g/mol. The van der Waals surface area contributed by atoms with Gasteiger partial charge in [0.2, 0.25) is 5.91 Å². The largest absolute Gasteiger partial charge is 0.456 e. The van der Waals surface area contributed by atoms with Gasteiger partial charge >= 0.3 is 5.97 Å². The second kappa shape index (κ2) is 9.09. The molecule has 2 spiro atoms. The second-order valence-electron chi connectivity index (χ2n) is 9.77. The summed E-state index contributed by atoms with van der Waals surface area (Å²) in [6, 6.07) is 9.83. The van der Waals surface area contributed by atoms with Crippen LogP contribution in [0.25, 0.3) is 0 Å². The number of hydrogen-bond donors (Lipinski definition) is 1. The van der Waals surface area contributed by atoms with Crippen LogP contribution in [0.3, 0.4) is 0 Å². The van der Waals surface area contributed by atoms with Gasteiger partial charge in [-0.25, -0.2) is 0 Å². The van der Waals surface area contributed by atoms with Gasteiger partial charge in [0.25, 0.3) is 0 Å². The molecule has 0 radical (unpaired) electrons. The van der Waals surface area contributed by atoms with Crippen LogP contribution in [0, 0.1) is 0 Å². The highest BCUT2D eigenvalue weighted by Crippen LogP contribution is 2.40. The van der Waals surface area contributed by atoms with Crippen molar-refractivity contribution in [2.75, 3.05) is 13.1 Å². The number of carbonyl (C=O) groups is 2. The Morgan fingerprint density at radius 1 is 1.00 bits per heavy atom. The van der Waals surface area contributed by atoms with E-state index in [4.69, 9.17) is 4.74 Å². The average molecular weight is 413 g/mol. The Bertz CT molecular complexity index is 736. The Hall–Kier alpha value is -1.88. The first-order chi connectivity index (χ1) is 14.5. The van der Waals surface area contributed by atoms with Gasteiger partial charge in [-0.2, -0.15) is 0 Å². The summed E-state index contributed by atoms with van der Waals surface area (Å²) < 4.78 is 5.69. The molecule has 3 aliphatic rings. The van der Waals surface area contributed by atoms with Crippen LogP contribution in [0.5, 0.6) is 0 Å². The van der Waals surface area contributed by atoms with E-state index in [0.717, 1.165) is 37.8 Å². The summed E-state index contributed by atoms with van der Waals surface area (Å²) in [6.45, 7) is 2.60. The number of benzene rings is 1. The number of ether oxygens (including phenoxy) is 1. The molecule has 2 aliphatic carbocycles. The fraction of sp³-hybridized carbons (Fsp3) is 0.680. The SMILES string of the molecule is CC(=O)OC(CN1CC2(CCCCC2)NC2(CCCCC2)CC1=O)c1ccccc1. The molecule has 0 aromatic heterocycles. The van der Waals surface area contributed by atoms with Gasteiger partial charge in [0.15, 0.2) is 0 Å². The van der Waals surface area contributed by atoms with Crippen molar-refractivity contribution in [1.82, 2.24) is 10.2 Å². The van der Waals surface area contributed by atoms with Crippen LogP contribution in [0.15, 0.2) is 30.3 Å². The maximum absolute atomic E-state index is 13.5. The van der Waals surface area contributed by atoms with Crippen molar-refractivity contribution in [1.29, 1.82) is 0 Å². The van der Waals surface area contributed by atoms with E-state index in [0.29, 0.717) is 13.0 Å². The molecule has 1 N–H and O–H groups in total. The van der Waals surface area contributed by atoms with E-state index in [1.165, 1.54) is 45.4 Å². The molecule has 0 bridgehead atoms. The van der Waals surface area contributed by atoms with Crippen molar-refractivity contribution in [2.45, 2.75) is 94.7 Å². The third kappa shape index (κ3) is 4.88. The lowest BCUT2D eigenvalue weighted by Gasteiger charge is -2.47. The van der Waals surface area contributed by atoms with E-state index < -0.39 is 6.10 Å². The normalized spacial score (nSPS) is 24.4. The molecule has 1 aliphatic heterocycles. The fourth-order valence-electron chi connectivity index (χ4n) is 5.99. The zero-order valence-corrected chi connectivity index (χ0v) is 18.3. The summed E-state index contributed by atoms with van der Waals surface area (Å²) in [4.78, 5) is 27.3. The zero-order valence-electron chi connectivity index (χ0n) is 18.3. The van der Waals surface area contributed by atoms with Crippen molar-refractivity contribution < 1.29 is 14.3 Å². The lowest BCUT2D eigenvalue weighted by Crippen LogP contribution is -2.61. The molecule has 4 rings (SSSR count). The van der Waals surface area contributed by atoms with Crippen LogP contribution in [0.2, 0.25) is 0 Å². The van der Waals surface area contributed by atoms with Crippen LogP contribution >= 0.6 is 0 Å². The van der Waals surface area contributed by atoms with Crippen LogP contribution in [-0.4, -0.2) is 40.9 Å². The first-order valence-electron chi connectivity index (χ1n) is 11.8. The van der Waals surface area contributed by atoms with E-state index in [2.05, 4.69) is 5.32 Å². The molecule has 1 aromatic rings. The van der Waals surface area contributed by atoms with Crippen LogP contribution in [0.1, 0.15) is 89.2 Å². The third-order valence-electron chi connectivity index (χ3n) is 7.35. The number of carbonyl (C=O) groups excluding carboxylic acids is 2. The van der Waals surface area contributed by atoms with Gasteiger partial charge in [-0.05, 0) is 31.2 Å². The molecule has 1 unspecified atom stereocenters. The molecule has 5 heteroatoms. The van der Waals surface area contributed by atoms with Crippen molar-refractivity contribution in [3.63, 3.8) is 0 Å². The predicted molar refractivity (Wildman–Crippen MR) is 117 cm³/mol. The van der Waals surface area contributed by atoms with E-state index in [1.54, 1.807) is 0 Å². The van der Waals surface area contributed by atoms with Crippen LogP contribution in [0.4, 0.5) is 0 Å². The van der Waals surface area contributed by atoms with Crippen molar-refractivity contribution in [3.8, 4) is 0 Å². The number of nitrogens with zero attached hydrogens (tertiary/aromatic N) is 1. The number of esters is 1. The van der Waals surface area contributed by atoms with Gasteiger partial charge in [0.1, 0.15) is 6.10 Å². The summed E-state index contributed by atoms with van der Waals surface area (Å²) in [5.74, 6) is -0.0969. The fourth-order valence-corrected chi connectivity index (χ4v) is 5.99. The topological polar surface area (TPSA) is 58.6 Å². The van der Waals surface area contributed by atoms with Gasteiger partial charge in [0.05, 0.1) is 6.54 Å². The summed E-state index contributed by atoms with van der Waals surface area (Å²) in [6.07, 6.45) is 12.0. The Morgan fingerprint density at radius 2 is 1.60 bits per heavy atom. The maximum atomic E-state index is 13.5. The standard InChI is InChI=1S/C25H36N2O3/c1-20(28)30-22(21-11-5-2-6-12-21)18-27-19-25(15-9-4-10-16-25)26-24(17-23(27)29)13-7-3-8-14-24/h2,5-6,11-12,22,26H,3-4,7-10,13-19H2,1H3. The Labute approximate surface area is 180 Å². The minimum Gasteiger partial charge on any atom is -0.456 e. The molecule has 30 heavy (non-hydrogen) atoms. The predicted octanol–water partition coefficient (Wildman–Crippen LogP) is 4.52. The molecule has 2 saturated carbocycles. The summed E-state index contributed by atoms with van der Waals surface area (Å²) >= 11 is 0. The summed E-state index contributed by atoms with van der Waals surface area (Å²) in [5.41, 5.74) is 0.896. The molecule has 3 fully saturated rings. The highest BCUT2D eigenvalue weighted by Gasteiger charge is 2.47. The van der Waals surface area contributed by atoms with Gasteiger partial charge in [-0.1, -0.05) is 68.9 Å². The van der Waals surface area contributed by atoms with E-state index >= 15 is 0 Å². The van der Waals surface area contributed by atoms with Gasteiger partial charge < -0.3 is 15.0 Å². The third-order valence-corrected chi connectivity index (χ3v) is 7.35. The molecular formula is C25H36N2O3. The van der Waals surface area contributed by atoms with E-state index in [1.807, 2.05) is 35.2 Å². The number of hydrogen-bond acceptors (Lipinski definition) is 4. The van der Waals surface area contributed by atoms with Gasteiger partial charge in [-0.3, -0.25) is 9.59 Å². The molecular weight excluding hydrogens is 376 g/mol. The molecule has 1 saturated heterocycles. The molecule has 5 nitrogen and oxygen atoms in total. The number of nitrogens with one attached hydrogen (secondary N) is 1. The Morgan fingerprint density at radius 3 is 2.20 bits per heavy atom. The molecule has 1 amide bonds. The number of amides is 1. The van der Waals surface area contributed by atoms with Crippen LogP contribution < -0.4 is 5.32 Å². The van der Waals surface area contributed by atoms with Gasteiger partial charge in [-0.15, -0.1) is 0 Å². The molecule has 1 aromatic carbocycles. The minimum atomic E-state index is -0.423. The lowest BCUT2D eigenvalue weighted by atomic mass is 9.74. The smallest absolute Gasteiger partial charge is 0.303 e. The van der Waals surface area contributed by atoms with E-state index in [-0.39, 0.29) is 23.0 Å². The first-order valence-corrected chi connectivity index (χ1v) is 11.8. The average Bonchev–Trinajstić information content (AvgIpc) is 2.83. The van der Waals surface area contributed by atoms with Crippen molar-refractivity contribution in [3.05, 3.63) is 35.9 Å². The highest BCUT2D eigenvalue weighted by atomic mass is 16.5. The molecule has 164 valence electrons. The maximum Gasteiger partial charge on any atom is 0.303 e. The van der Waals surface area contributed by atoms with Crippen LogP contribution in [-0.2, 0) is 14.3 Å². The zero-order chi connectivity index (χ0) is 21.0. The highest BCUT2D eigenvalue weighted by molar-refractivity contribution is 5.78.